The maximum atomic E-state index is 11.3. The summed E-state index contributed by atoms with van der Waals surface area (Å²) in [6.45, 7) is 0. The SMILES string of the molecule is COC(=O)/C=C/C=C/C[P+](c1ccccc1)(c1ccccc1)c1ccccc1. The number of carbonyl (C=O) groups excluding carboxylic acids is 1. The summed E-state index contributed by atoms with van der Waals surface area (Å²) in [6, 6.07) is 32.2. The first-order chi connectivity index (χ1) is 13.8. The summed E-state index contributed by atoms with van der Waals surface area (Å²) in [4.78, 5) is 11.3. The van der Waals surface area contributed by atoms with Gasteiger partial charge in [0.2, 0.25) is 0 Å². The van der Waals surface area contributed by atoms with Crippen LogP contribution < -0.4 is 15.9 Å². The largest absolute Gasteiger partial charge is 0.466 e. The predicted molar refractivity (Wildman–Crippen MR) is 120 cm³/mol. The Balaban J connectivity index is 2.10. The Morgan fingerprint density at radius 1 is 0.750 bits per heavy atom. The van der Waals surface area contributed by atoms with E-state index in [2.05, 4.69) is 102 Å². The van der Waals surface area contributed by atoms with Gasteiger partial charge < -0.3 is 4.74 Å². The Kier molecular flexibility index (Phi) is 6.94. The van der Waals surface area contributed by atoms with Crippen LogP contribution in [0.25, 0.3) is 0 Å². The molecule has 28 heavy (non-hydrogen) atoms. The number of carbonyl (C=O) groups is 1. The number of hydrogen-bond acceptors (Lipinski definition) is 2. The van der Waals surface area contributed by atoms with E-state index in [1.54, 1.807) is 6.08 Å². The van der Waals surface area contributed by atoms with Gasteiger partial charge in [0.25, 0.3) is 0 Å². The molecule has 0 unspecified atom stereocenters. The molecule has 3 aromatic rings. The van der Waals surface area contributed by atoms with Crippen LogP contribution in [0.4, 0.5) is 0 Å². The summed E-state index contributed by atoms with van der Waals surface area (Å²) >= 11 is 0. The minimum absolute atomic E-state index is 0.347. The Bertz CT molecular complexity index is 835. The van der Waals surface area contributed by atoms with Gasteiger partial charge in [-0.2, -0.15) is 0 Å². The number of rotatable bonds is 7. The smallest absolute Gasteiger partial charge is 0.330 e. The maximum Gasteiger partial charge on any atom is 0.330 e. The Morgan fingerprint density at radius 3 is 1.57 bits per heavy atom. The number of benzene rings is 3. The standard InChI is InChI=1S/C25H24O2P/c1-27-25(26)20-12-5-13-21-28(22-14-6-2-7-15-22,23-16-8-3-9-17-23)24-18-10-4-11-19-24/h2-20H,21H2,1H3/q+1/b13-5+,20-12+. The van der Waals surface area contributed by atoms with Crippen LogP contribution in [0.5, 0.6) is 0 Å². The lowest BCUT2D eigenvalue weighted by Gasteiger charge is -2.26. The summed E-state index contributed by atoms with van der Waals surface area (Å²) in [6.07, 6.45) is 8.13. The Hall–Kier alpha value is -2.96. The molecule has 140 valence electrons. The molecule has 0 atom stereocenters. The molecule has 0 bridgehead atoms. The van der Waals surface area contributed by atoms with Crippen LogP contribution in [0, 0.1) is 0 Å². The zero-order valence-corrected chi connectivity index (χ0v) is 16.8. The molecule has 0 spiro atoms. The first-order valence-corrected chi connectivity index (χ1v) is 11.2. The average Bonchev–Trinajstić information content (AvgIpc) is 2.78. The number of esters is 1. The monoisotopic (exact) mass is 387 g/mol. The van der Waals surface area contributed by atoms with Gasteiger partial charge in [-0.3, -0.25) is 0 Å². The van der Waals surface area contributed by atoms with Crippen molar-refractivity contribution < 1.29 is 9.53 Å². The van der Waals surface area contributed by atoms with Crippen LogP contribution in [0.3, 0.4) is 0 Å². The molecule has 0 amide bonds. The van der Waals surface area contributed by atoms with Crippen molar-refractivity contribution in [1.82, 2.24) is 0 Å². The highest BCUT2D eigenvalue weighted by Crippen LogP contribution is 2.55. The van der Waals surface area contributed by atoms with E-state index < -0.39 is 7.26 Å². The Labute approximate surface area is 167 Å². The minimum atomic E-state index is -1.86. The lowest BCUT2D eigenvalue weighted by Crippen LogP contribution is -2.32. The van der Waals surface area contributed by atoms with Gasteiger partial charge in [-0.15, -0.1) is 0 Å². The highest BCUT2D eigenvalue weighted by atomic mass is 31.2. The van der Waals surface area contributed by atoms with Crippen molar-refractivity contribution in [3.63, 3.8) is 0 Å². The zero-order valence-electron chi connectivity index (χ0n) is 15.9. The van der Waals surface area contributed by atoms with Gasteiger partial charge in [-0.25, -0.2) is 4.79 Å². The van der Waals surface area contributed by atoms with Gasteiger partial charge >= 0.3 is 5.97 Å². The molecule has 0 aliphatic carbocycles. The lowest BCUT2D eigenvalue weighted by atomic mass is 10.4. The molecule has 0 N–H and O–H groups in total. The lowest BCUT2D eigenvalue weighted by molar-refractivity contribution is -0.134. The van der Waals surface area contributed by atoms with E-state index in [0.717, 1.165) is 6.16 Å². The van der Waals surface area contributed by atoms with Crippen LogP contribution in [-0.2, 0) is 9.53 Å². The first-order valence-electron chi connectivity index (χ1n) is 9.23. The average molecular weight is 387 g/mol. The third kappa shape index (κ3) is 4.47. The molecule has 2 nitrogen and oxygen atoms in total. The molecule has 0 fully saturated rings. The van der Waals surface area contributed by atoms with Gasteiger partial charge in [0.15, 0.2) is 0 Å². The topological polar surface area (TPSA) is 26.3 Å². The van der Waals surface area contributed by atoms with E-state index in [9.17, 15) is 4.79 Å². The second-order valence-electron chi connectivity index (χ2n) is 6.31. The zero-order chi connectivity index (χ0) is 19.7. The van der Waals surface area contributed by atoms with Gasteiger partial charge in [-0.05, 0) is 42.5 Å². The fraction of sp³-hybridized carbons (Fsp3) is 0.0800. The van der Waals surface area contributed by atoms with Crippen molar-refractivity contribution in [1.29, 1.82) is 0 Å². The third-order valence-electron chi connectivity index (χ3n) is 4.65. The molecular formula is C25H24O2P+. The van der Waals surface area contributed by atoms with Gasteiger partial charge in [0.1, 0.15) is 23.2 Å². The molecule has 0 heterocycles. The van der Waals surface area contributed by atoms with E-state index in [1.807, 2.05) is 6.08 Å². The number of methoxy groups -OCH3 is 1. The second-order valence-corrected chi connectivity index (χ2v) is 9.84. The summed E-state index contributed by atoms with van der Waals surface area (Å²) in [5, 5.41) is 4.02. The fourth-order valence-corrected chi connectivity index (χ4v) is 7.32. The maximum absolute atomic E-state index is 11.3. The van der Waals surface area contributed by atoms with Crippen molar-refractivity contribution >= 4 is 29.1 Å². The molecule has 3 aromatic carbocycles. The van der Waals surface area contributed by atoms with Crippen molar-refractivity contribution in [3.05, 3.63) is 115 Å². The molecule has 0 aromatic heterocycles. The third-order valence-corrected chi connectivity index (χ3v) is 8.95. The van der Waals surface area contributed by atoms with E-state index >= 15 is 0 Å². The highest BCUT2D eigenvalue weighted by molar-refractivity contribution is 7.95. The molecule has 3 heteroatoms. The summed E-state index contributed by atoms with van der Waals surface area (Å²) in [5.41, 5.74) is 0. The molecule has 0 saturated heterocycles. The number of ether oxygens (including phenoxy) is 1. The normalized spacial score (nSPS) is 11.8. The van der Waals surface area contributed by atoms with Crippen molar-refractivity contribution in [2.75, 3.05) is 13.3 Å². The van der Waals surface area contributed by atoms with Crippen LogP contribution in [0.2, 0.25) is 0 Å². The van der Waals surface area contributed by atoms with Crippen LogP contribution in [-0.4, -0.2) is 19.2 Å². The van der Waals surface area contributed by atoms with Crippen molar-refractivity contribution in [2.24, 2.45) is 0 Å². The van der Waals surface area contributed by atoms with Crippen LogP contribution in [0.1, 0.15) is 0 Å². The first kappa shape index (κ1) is 19.8. The van der Waals surface area contributed by atoms with Crippen LogP contribution in [0.15, 0.2) is 115 Å². The molecule has 0 aliphatic heterocycles. The van der Waals surface area contributed by atoms with E-state index in [1.165, 1.54) is 29.1 Å². The molecule has 0 saturated carbocycles. The summed E-state index contributed by atoms with van der Waals surface area (Å²) in [7, 11) is -0.479. The minimum Gasteiger partial charge on any atom is -0.466 e. The second kappa shape index (κ2) is 9.82. The number of hydrogen-bond donors (Lipinski definition) is 0. The molecular weight excluding hydrogens is 363 g/mol. The quantitative estimate of drug-likeness (QED) is 0.262. The fourth-order valence-electron chi connectivity index (χ4n) is 3.31. The molecule has 0 radical (unpaired) electrons. The van der Waals surface area contributed by atoms with Crippen molar-refractivity contribution in [2.45, 2.75) is 0 Å². The summed E-state index contributed by atoms with van der Waals surface area (Å²) < 4.78 is 4.65. The van der Waals surface area contributed by atoms with Crippen LogP contribution >= 0.6 is 7.26 Å². The Morgan fingerprint density at radius 2 is 1.18 bits per heavy atom. The molecule has 3 rings (SSSR count). The predicted octanol–water partition coefficient (Wildman–Crippen LogP) is 4.27. The van der Waals surface area contributed by atoms with E-state index in [4.69, 9.17) is 0 Å². The number of allylic oxidation sites excluding steroid dienone is 3. The van der Waals surface area contributed by atoms with Gasteiger partial charge in [0, 0.05) is 6.08 Å². The summed E-state index contributed by atoms with van der Waals surface area (Å²) in [5.74, 6) is -0.347. The van der Waals surface area contributed by atoms with Crippen molar-refractivity contribution in [3.8, 4) is 0 Å². The van der Waals surface area contributed by atoms with Gasteiger partial charge in [0.05, 0.1) is 13.3 Å². The van der Waals surface area contributed by atoms with Gasteiger partial charge in [-0.1, -0.05) is 66.7 Å². The van der Waals surface area contributed by atoms with E-state index in [0.29, 0.717) is 0 Å². The molecule has 0 aliphatic rings. The highest BCUT2D eigenvalue weighted by Gasteiger charge is 2.43. The van der Waals surface area contributed by atoms with E-state index in [-0.39, 0.29) is 5.97 Å².